The van der Waals surface area contributed by atoms with Gasteiger partial charge in [0.2, 0.25) is 0 Å². The molecule has 0 atom stereocenters. The van der Waals surface area contributed by atoms with Gasteiger partial charge in [-0.15, -0.1) is 0 Å². The SMILES string of the molecule is CCOc1cc(C)c(-c2nc3ccccc3c(=O)n2N=Cc2cccc(OC)c2OCc2cccc(C)c2)cc1C(C)C. The van der Waals surface area contributed by atoms with Crippen LogP contribution in [0.4, 0.5) is 0 Å². The van der Waals surface area contributed by atoms with Crippen LogP contribution in [-0.2, 0) is 6.61 Å². The van der Waals surface area contributed by atoms with Gasteiger partial charge in [-0.1, -0.05) is 61.9 Å². The molecule has 1 heterocycles. The minimum Gasteiger partial charge on any atom is -0.494 e. The number of rotatable bonds is 10. The second-order valence-corrected chi connectivity index (χ2v) is 10.8. The summed E-state index contributed by atoms with van der Waals surface area (Å²) in [6.07, 6.45) is 1.63. The third kappa shape index (κ3) is 6.31. The fraction of sp³-hybridized carbons (Fsp3) is 0.250. The van der Waals surface area contributed by atoms with Crippen molar-refractivity contribution in [1.29, 1.82) is 0 Å². The number of nitrogens with zero attached hydrogens (tertiary/aromatic N) is 3. The van der Waals surface area contributed by atoms with Crippen LogP contribution >= 0.6 is 0 Å². The molecular weight excluding hydrogens is 538 g/mol. The van der Waals surface area contributed by atoms with Crippen molar-refractivity contribution < 1.29 is 14.2 Å². The van der Waals surface area contributed by atoms with Crippen LogP contribution in [0, 0.1) is 13.8 Å². The molecule has 0 spiro atoms. The van der Waals surface area contributed by atoms with Gasteiger partial charge in [0.15, 0.2) is 17.3 Å². The molecule has 5 aromatic rings. The molecule has 7 nitrogen and oxygen atoms in total. The molecule has 7 heteroatoms. The van der Waals surface area contributed by atoms with Crippen LogP contribution in [-0.4, -0.2) is 29.6 Å². The maximum atomic E-state index is 13.9. The standard InChI is InChI=1S/C36H37N3O4/c1-7-42-33-19-25(5)30(20-29(33)23(2)3)35-38-31-16-9-8-15-28(31)36(40)39(35)37-21-27-14-11-17-32(41-6)34(27)43-22-26-13-10-12-24(4)18-26/h8-21,23H,7,22H2,1-6H3. The van der Waals surface area contributed by atoms with Crippen molar-refractivity contribution >= 4 is 17.1 Å². The van der Waals surface area contributed by atoms with E-state index in [1.807, 2.05) is 81.4 Å². The van der Waals surface area contributed by atoms with Gasteiger partial charge < -0.3 is 14.2 Å². The highest BCUT2D eigenvalue weighted by Gasteiger charge is 2.19. The van der Waals surface area contributed by atoms with Gasteiger partial charge in [0.05, 0.1) is 30.8 Å². The minimum atomic E-state index is -0.263. The lowest BCUT2D eigenvalue weighted by Gasteiger charge is -2.18. The summed E-state index contributed by atoms with van der Waals surface area (Å²) in [5.74, 6) is 2.61. The summed E-state index contributed by atoms with van der Waals surface area (Å²) in [5.41, 5.74) is 6.00. The van der Waals surface area contributed by atoms with E-state index in [2.05, 4.69) is 26.0 Å². The smallest absolute Gasteiger partial charge is 0.282 e. The fourth-order valence-corrected chi connectivity index (χ4v) is 5.10. The summed E-state index contributed by atoms with van der Waals surface area (Å²) < 4.78 is 19.2. The molecule has 0 saturated carbocycles. The van der Waals surface area contributed by atoms with Crippen LogP contribution in [0.1, 0.15) is 54.5 Å². The van der Waals surface area contributed by atoms with Crippen molar-refractivity contribution in [2.75, 3.05) is 13.7 Å². The summed E-state index contributed by atoms with van der Waals surface area (Å²) >= 11 is 0. The predicted molar refractivity (Wildman–Crippen MR) is 173 cm³/mol. The molecule has 43 heavy (non-hydrogen) atoms. The molecule has 0 unspecified atom stereocenters. The molecule has 0 fully saturated rings. The third-order valence-electron chi connectivity index (χ3n) is 7.28. The first kappa shape index (κ1) is 29.6. The highest BCUT2D eigenvalue weighted by atomic mass is 16.5. The summed E-state index contributed by atoms with van der Waals surface area (Å²) in [6, 6.07) is 25.2. The Kier molecular flexibility index (Phi) is 8.90. The van der Waals surface area contributed by atoms with Crippen molar-refractivity contribution in [2.45, 2.75) is 47.1 Å². The Morgan fingerprint density at radius 3 is 2.47 bits per heavy atom. The van der Waals surface area contributed by atoms with Crippen LogP contribution < -0.4 is 19.8 Å². The highest BCUT2D eigenvalue weighted by Crippen LogP contribution is 2.35. The van der Waals surface area contributed by atoms with E-state index in [0.717, 1.165) is 33.6 Å². The van der Waals surface area contributed by atoms with E-state index in [9.17, 15) is 4.79 Å². The first-order valence-corrected chi connectivity index (χ1v) is 14.5. The Balaban J connectivity index is 1.65. The molecule has 0 saturated heterocycles. The van der Waals surface area contributed by atoms with E-state index in [0.29, 0.717) is 47.0 Å². The number of methoxy groups -OCH3 is 1. The molecule has 5 rings (SSSR count). The van der Waals surface area contributed by atoms with E-state index < -0.39 is 0 Å². The van der Waals surface area contributed by atoms with Crippen LogP contribution in [0.2, 0.25) is 0 Å². The van der Waals surface area contributed by atoms with Crippen LogP contribution in [0.3, 0.4) is 0 Å². The lowest BCUT2D eigenvalue weighted by atomic mass is 9.96. The largest absolute Gasteiger partial charge is 0.494 e. The quantitative estimate of drug-likeness (QED) is 0.160. The zero-order chi connectivity index (χ0) is 30.5. The zero-order valence-corrected chi connectivity index (χ0v) is 25.5. The van der Waals surface area contributed by atoms with Crippen LogP contribution in [0.15, 0.2) is 88.8 Å². The first-order chi connectivity index (χ1) is 20.8. The molecule has 0 bridgehead atoms. The van der Waals surface area contributed by atoms with E-state index >= 15 is 0 Å². The Morgan fingerprint density at radius 1 is 0.930 bits per heavy atom. The van der Waals surface area contributed by atoms with Crippen LogP contribution in [0.25, 0.3) is 22.3 Å². The topological polar surface area (TPSA) is 74.9 Å². The van der Waals surface area contributed by atoms with Crippen molar-refractivity contribution in [3.63, 3.8) is 0 Å². The van der Waals surface area contributed by atoms with Gasteiger partial charge in [0, 0.05) is 11.1 Å². The van der Waals surface area contributed by atoms with E-state index in [-0.39, 0.29) is 11.5 Å². The molecule has 4 aromatic carbocycles. The number of para-hydroxylation sites is 2. The van der Waals surface area contributed by atoms with Gasteiger partial charge in [0.1, 0.15) is 12.4 Å². The van der Waals surface area contributed by atoms with E-state index in [1.54, 1.807) is 19.4 Å². The monoisotopic (exact) mass is 575 g/mol. The summed E-state index contributed by atoms with van der Waals surface area (Å²) in [7, 11) is 1.60. The van der Waals surface area contributed by atoms with Crippen LogP contribution in [0.5, 0.6) is 17.2 Å². The van der Waals surface area contributed by atoms with E-state index in [1.165, 1.54) is 4.68 Å². The van der Waals surface area contributed by atoms with Gasteiger partial charge in [-0.3, -0.25) is 4.79 Å². The van der Waals surface area contributed by atoms with Gasteiger partial charge in [0.25, 0.3) is 5.56 Å². The third-order valence-corrected chi connectivity index (χ3v) is 7.28. The van der Waals surface area contributed by atoms with Gasteiger partial charge >= 0.3 is 0 Å². The van der Waals surface area contributed by atoms with Crippen molar-refractivity contribution in [2.24, 2.45) is 5.10 Å². The molecule has 0 aliphatic heterocycles. The summed E-state index contributed by atoms with van der Waals surface area (Å²) in [4.78, 5) is 18.9. The number of ether oxygens (including phenoxy) is 3. The highest BCUT2D eigenvalue weighted by molar-refractivity contribution is 5.86. The number of hydrogen-bond acceptors (Lipinski definition) is 6. The average molecular weight is 576 g/mol. The molecule has 0 N–H and O–H groups in total. The van der Waals surface area contributed by atoms with Crippen molar-refractivity contribution in [1.82, 2.24) is 9.66 Å². The Hall–Kier alpha value is -4.91. The fourth-order valence-electron chi connectivity index (χ4n) is 5.10. The molecule has 0 amide bonds. The number of aromatic nitrogens is 2. The van der Waals surface area contributed by atoms with E-state index in [4.69, 9.17) is 24.3 Å². The number of hydrogen-bond donors (Lipinski definition) is 0. The molecule has 0 aliphatic carbocycles. The Labute approximate surface area is 252 Å². The zero-order valence-electron chi connectivity index (χ0n) is 25.5. The molecule has 220 valence electrons. The average Bonchev–Trinajstić information content (AvgIpc) is 3.00. The van der Waals surface area contributed by atoms with Crippen molar-refractivity contribution in [3.05, 3.63) is 117 Å². The summed E-state index contributed by atoms with van der Waals surface area (Å²) in [5, 5.41) is 5.22. The van der Waals surface area contributed by atoms with Gasteiger partial charge in [-0.2, -0.15) is 9.78 Å². The lowest BCUT2D eigenvalue weighted by Crippen LogP contribution is -2.21. The molecule has 1 aromatic heterocycles. The number of fused-ring (bicyclic) bond motifs is 1. The maximum absolute atomic E-state index is 13.9. The maximum Gasteiger partial charge on any atom is 0.282 e. The Morgan fingerprint density at radius 2 is 1.72 bits per heavy atom. The van der Waals surface area contributed by atoms with Crippen molar-refractivity contribution in [3.8, 4) is 28.6 Å². The second kappa shape index (κ2) is 12.9. The number of aryl methyl sites for hydroxylation is 2. The van der Waals surface area contributed by atoms with Gasteiger partial charge in [-0.05, 0) is 79.8 Å². The normalized spacial score (nSPS) is 11.4. The number of benzene rings is 4. The minimum absolute atomic E-state index is 0.204. The second-order valence-electron chi connectivity index (χ2n) is 10.8. The van der Waals surface area contributed by atoms with Gasteiger partial charge in [-0.25, -0.2) is 4.98 Å². The molecule has 0 aliphatic rings. The lowest BCUT2D eigenvalue weighted by molar-refractivity contribution is 0.284. The Bertz CT molecular complexity index is 1860. The molecule has 0 radical (unpaired) electrons. The predicted octanol–water partition coefficient (Wildman–Crippen LogP) is 7.67. The summed E-state index contributed by atoms with van der Waals surface area (Å²) in [6.45, 7) is 11.2. The molecular formula is C36H37N3O4. The first-order valence-electron chi connectivity index (χ1n) is 14.5.